The molecule has 0 spiro atoms. The van der Waals surface area contributed by atoms with Gasteiger partial charge in [0.15, 0.2) is 0 Å². The van der Waals surface area contributed by atoms with Crippen molar-refractivity contribution in [2.45, 2.75) is 0 Å². The maximum absolute atomic E-state index is 9.12. The fourth-order valence-corrected chi connectivity index (χ4v) is 2.14. The molecule has 1 N–H and O–H groups in total. The van der Waals surface area contributed by atoms with E-state index in [1.807, 2.05) is 54.6 Å². The van der Waals surface area contributed by atoms with Gasteiger partial charge in [-0.05, 0) is 48.5 Å². The third-order valence-corrected chi connectivity index (χ3v) is 3.32. The van der Waals surface area contributed by atoms with Crippen molar-refractivity contribution in [3.8, 4) is 17.6 Å². The van der Waals surface area contributed by atoms with E-state index in [9.17, 15) is 0 Å². The third-order valence-electron chi connectivity index (χ3n) is 3.32. The molecular formula is C16H15N5O2. The number of rotatable bonds is 4. The highest BCUT2D eigenvalue weighted by Crippen LogP contribution is 2.27. The van der Waals surface area contributed by atoms with Crippen LogP contribution in [0.3, 0.4) is 0 Å². The molecule has 0 bridgehead atoms. The first-order valence-corrected chi connectivity index (χ1v) is 6.89. The van der Waals surface area contributed by atoms with Crippen molar-refractivity contribution in [3.05, 3.63) is 48.5 Å². The molecule has 0 aliphatic carbocycles. The number of hydrogen-bond acceptors (Lipinski definition) is 7. The molecular weight excluding hydrogens is 294 g/mol. The van der Waals surface area contributed by atoms with Crippen molar-refractivity contribution in [1.29, 1.82) is 5.26 Å². The Morgan fingerprint density at radius 1 is 0.913 bits per heavy atom. The van der Waals surface area contributed by atoms with E-state index >= 15 is 0 Å². The van der Waals surface area contributed by atoms with Crippen LogP contribution in [-0.4, -0.2) is 20.1 Å². The summed E-state index contributed by atoms with van der Waals surface area (Å²) in [5.74, 6) is 1.71. The summed E-state index contributed by atoms with van der Waals surface area (Å²) in [4.78, 5) is 0. The van der Waals surface area contributed by atoms with Crippen molar-refractivity contribution < 1.29 is 9.47 Å². The number of nitrogens with zero attached hydrogens (tertiary/aromatic N) is 4. The van der Waals surface area contributed by atoms with Gasteiger partial charge in [-0.25, -0.2) is 0 Å². The van der Waals surface area contributed by atoms with E-state index in [0.29, 0.717) is 0 Å². The SMILES string of the molecule is COc1ccc(N2N=C(C#N)NN2c2ccc(OC)cc2)cc1. The number of benzene rings is 2. The number of hydrazine groups is 2. The van der Waals surface area contributed by atoms with Crippen LogP contribution in [-0.2, 0) is 0 Å². The molecule has 1 aliphatic heterocycles. The third kappa shape index (κ3) is 2.82. The van der Waals surface area contributed by atoms with Crippen LogP contribution in [0.15, 0.2) is 53.6 Å². The first-order chi connectivity index (χ1) is 11.2. The second-order valence-electron chi connectivity index (χ2n) is 4.67. The van der Waals surface area contributed by atoms with Crippen LogP contribution >= 0.6 is 0 Å². The zero-order chi connectivity index (χ0) is 16.2. The highest BCUT2D eigenvalue weighted by Gasteiger charge is 2.25. The lowest BCUT2D eigenvalue weighted by molar-refractivity contribution is 0.414. The van der Waals surface area contributed by atoms with E-state index < -0.39 is 0 Å². The second-order valence-corrected chi connectivity index (χ2v) is 4.67. The molecule has 3 rings (SSSR count). The zero-order valence-electron chi connectivity index (χ0n) is 12.7. The Labute approximate surface area is 133 Å². The minimum atomic E-state index is 0.205. The minimum absolute atomic E-state index is 0.205. The molecule has 0 saturated carbocycles. The van der Waals surface area contributed by atoms with Crippen LogP contribution in [0, 0.1) is 11.3 Å². The first kappa shape index (κ1) is 14.5. The lowest BCUT2D eigenvalue weighted by atomic mass is 10.3. The molecule has 0 unspecified atom stereocenters. The van der Waals surface area contributed by atoms with E-state index in [-0.39, 0.29) is 5.84 Å². The van der Waals surface area contributed by atoms with Gasteiger partial charge in [0.1, 0.15) is 17.6 Å². The Morgan fingerprint density at radius 2 is 1.43 bits per heavy atom. The number of anilines is 2. The minimum Gasteiger partial charge on any atom is -0.497 e. The molecule has 7 nitrogen and oxygen atoms in total. The summed E-state index contributed by atoms with van der Waals surface area (Å²) >= 11 is 0. The van der Waals surface area contributed by atoms with E-state index in [0.717, 1.165) is 22.9 Å². The highest BCUT2D eigenvalue weighted by molar-refractivity contribution is 6.00. The summed E-state index contributed by atoms with van der Waals surface area (Å²) in [6.07, 6.45) is 0. The summed E-state index contributed by atoms with van der Waals surface area (Å²) in [6, 6.07) is 16.8. The standard InChI is InChI=1S/C16H15N5O2/c1-22-14-7-3-12(4-8-14)20-18-16(11-17)19-21(20)13-5-9-15(23-2)10-6-13/h3-10H,1-2H3,(H,18,19). The molecule has 0 fully saturated rings. The number of nitrogens with one attached hydrogen (secondary N) is 1. The fraction of sp³-hybridized carbons (Fsp3) is 0.125. The van der Waals surface area contributed by atoms with E-state index in [1.165, 1.54) is 0 Å². The normalized spacial score (nSPS) is 13.2. The topological polar surface area (TPSA) is 73.1 Å². The number of nitriles is 1. The van der Waals surface area contributed by atoms with Crippen LogP contribution in [0.2, 0.25) is 0 Å². The number of ether oxygens (including phenoxy) is 2. The summed E-state index contributed by atoms with van der Waals surface area (Å²) in [5, 5.41) is 16.7. The van der Waals surface area contributed by atoms with Gasteiger partial charge in [-0.15, -0.1) is 5.10 Å². The molecule has 0 radical (unpaired) electrons. The molecule has 23 heavy (non-hydrogen) atoms. The quantitative estimate of drug-likeness (QED) is 0.934. The molecule has 0 atom stereocenters. The molecule has 2 aromatic carbocycles. The van der Waals surface area contributed by atoms with Gasteiger partial charge in [0, 0.05) is 0 Å². The van der Waals surface area contributed by atoms with Crippen molar-refractivity contribution >= 4 is 17.2 Å². The average Bonchev–Trinajstić information content (AvgIpc) is 3.06. The van der Waals surface area contributed by atoms with Crippen LogP contribution < -0.4 is 25.1 Å². The van der Waals surface area contributed by atoms with E-state index in [2.05, 4.69) is 10.5 Å². The van der Waals surface area contributed by atoms with Gasteiger partial charge in [-0.3, -0.25) is 5.43 Å². The van der Waals surface area contributed by atoms with Gasteiger partial charge < -0.3 is 9.47 Å². The monoisotopic (exact) mass is 309 g/mol. The predicted octanol–water partition coefficient (Wildman–Crippen LogP) is 2.29. The predicted molar refractivity (Wildman–Crippen MR) is 87.1 cm³/mol. The van der Waals surface area contributed by atoms with Crippen LogP contribution in [0.4, 0.5) is 11.4 Å². The highest BCUT2D eigenvalue weighted by atomic mass is 16.5. The number of hydrogen-bond donors (Lipinski definition) is 1. The van der Waals surface area contributed by atoms with Crippen molar-refractivity contribution in [3.63, 3.8) is 0 Å². The molecule has 1 heterocycles. The van der Waals surface area contributed by atoms with Crippen molar-refractivity contribution in [1.82, 2.24) is 5.43 Å². The smallest absolute Gasteiger partial charge is 0.247 e. The Morgan fingerprint density at radius 3 is 1.91 bits per heavy atom. The summed E-state index contributed by atoms with van der Waals surface area (Å²) in [5.41, 5.74) is 4.55. The number of amidine groups is 1. The molecule has 0 saturated heterocycles. The number of methoxy groups -OCH3 is 2. The Kier molecular flexibility index (Phi) is 3.89. The largest absolute Gasteiger partial charge is 0.497 e. The first-order valence-electron chi connectivity index (χ1n) is 6.89. The van der Waals surface area contributed by atoms with Gasteiger partial charge in [-0.1, -0.05) is 0 Å². The van der Waals surface area contributed by atoms with Crippen molar-refractivity contribution in [2.24, 2.45) is 5.10 Å². The van der Waals surface area contributed by atoms with Crippen LogP contribution in [0.5, 0.6) is 11.5 Å². The second kappa shape index (κ2) is 6.15. The Hall–Kier alpha value is -3.40. The Bertz CT molecular complexity index is 750. The summed E-state index contributed by atoms with van der Waals surface area (Å²) < 4.78 is 10.3. The molecule has 0 aromatic heterocycles. The van der Waals surface area contributed by atoms with Crippen LogP contribution in [0.25, 0.3) is 0 Å². The van der Waals surface area contributed by atoms with Gasteiger partial charge in [-0.2, -0.15) is 15.5 Å². The summed E-state index contributed by atoms with van der Waals surface area (Å²) in [6.45, 7) is 0. The lowest BCUT2D eigenvalue weighted by Gasteiger charge is -2.27. The molecule has 0 amide bonds. The maximum Gasteiger partial charge on any atom is 0.247 e. The van der Waals surface area contributed by atoms with Crippen molar-refractivity contribution in [2.75, 3.05) is 24.5 Å². The molecule has 2 aromatic rings. The lowest BCUT2D eigenvalue weighted by Crippen LogP contribution is -2.44. The fourth-order valence-electron chi connectivity index (χ4n) is 2.14. The molecule has 116 valence electrons. The molecule has 7 heteroatoms. The van der Waals surface area contributed by atoms with Gasteiger partial charge in [0.25, 0.3) is 0 Å². The van der Waals surface area contributed by atoms with Gasteiger partial charge in [0.05, 0.1) is 25.6 Å². The average molecular weight is 309 g/mol. The number of hydrazone groups is 1. The Balaban J connectivity index is 1.93. The zero-order valence-corrected chi connectivity index (χ0v) is 12.7. The van der Waals surface area contributed by atoms with E-state index in [4.69, 9.17) is 14.7 Å². The molecule has 1 aliphatic rings. The maximum atomic E-state index is 9.12. The summed E-state index contributed by atoms with van der Waals surface area (Å²) in [7, 11) is 3.23. The van der Waals surface area contributed by atoms with Gasteiger partial charge >= 0.3 is 0 Å². The van der Waals surface area contributed by atoms with Gasteiger partial charge in [0.2, 0.25) is 5.84 Å². The van der Waals surface area contributed by atoms with Crippen LogP contribution in [0.1, 0.15) is 0 Å². The van der Waals surface area contributed by atoms with E-state index in [1.54, 1.807) is 24.5 Å².